The molecule has 0 amide bonds. The first-order chi connectivity index (χ1) is 9.22. The second kappa shape index (κ2) is 5.99. The molecule has 0 bridgehead atoms. The minimum absolute atomic E-state index is 0.206. The van der Waals surface area contributed by atoms with Crippen LogP contribution >= 0.6 is 0 Å². The van der Waals surface area contributed by atoms with Gasteiger partial charge in [0.1, 0.15) is 5.75 Å². The van der Waals surface area contributed by atoms with Gasteiger partial charge in [0.15, 0.2) is 0 Å². The summed E-state index contributed by atoms with van der Waals surface area (Å²) in [5, 5.41) is 3.00. The van der Waals surface area contributed by atoms with Gasteiger partial charge in [0.2, 0.25) is 5.95 Å². The van der Waals surface area contributed by atoms with Crippen LogP contribution in [0.4, 0.5) is 5.95 Å². The molecule has 0 atom stereocenters. The lowest BCUT2D eigenvalue weighted by Crippen LogP contribution is -2.06. The normalized spacial score (nSPS) is 10.1. The summed E-state index contributed by atoms with van der Waals surface area (Å²) in [5.74, 6) is 1.14. The number of benzene rings is 1. The molecular formula is C13H16N4O2. The van der Waals surface area contributed by atoms with Crippen molar-refractivity contribution in [3.8, 4) is 17.8 Å². The van der Waals surface area contributed by atoms with Crippen LogP contribution in [-0.4, -0.2) is 28.6 Å². The Kier molecular flexibility index (Phi) is 4.12. The number of nitrogens with one attached hydrogen (secondary N) is 1. The molecule has 1 aromatic carbocycles. The van der Waals surface area contributed by atoms with Crippen LogP contribution in [0.3, 0.4) is 0 Å². The number of aryl methyl sites for hydroxylation is 1. The topological polar surface area (TPSA) is 69.2 Å². The second-order valence-corrected chi connectivity index (χ2v) is 3.83. The highest BCUT2D eigenvalue weighted by Crippen LogP contribution is 2.23. The van der Waals surface area contributed by atoms with E-state index in [9.17, 15) is 0 Å². The van der Waals surface area contributed by atoms with E-state index in [-0.39, 0.29) is 12.0 Å². The molecule has 0 aliphatic rings. The summed E-state index contributed by atoms with van der Waals surface area (Å²) in [6.07, 6.45) is 0. The Balaban J connectivity index is 2.29. The van der Waals surface area contributed by atoms with E-state index in [1.807, 2.05) is 38.1 Å². The van der Waals surface area contributed by atoms with Gasteiger partial charge in [-0.25, -0.2) is 0 Å². The SMILES string of the molecule is CCNc1nc(OC)nc(Oc2ccccc2C)n1. The molecule has 19 heavy (non-hydrogen) atoms. The Hall–Kier alpha value is -2.37. The molecule has 1 heterocycles. The van der Waals surface area contributed by atoms with Crippen LogP contribution in [0, 0.1) is 6.92 Å². The molecule has 0 radical (unpaired) electrons. The molecule has 2 aromatic rings. The maximum atomic E-state index is 5.66. The summed E-state index contributed by atoms with van der Waals surface area (Å²) >= 11 is 0. The molecule has 1 N–H and O–H groups in total. The Morgan fingerprint density at radius 3 is 2.53 bits per heavy atom. The summed E-state index contributed by atoms with van der Waals surface area (Å²) in [5.41, 5.74) is 1.01. The lowest BCUT2D eigenvalue weighted by molar-refractivity contribution is 0.359. The van der Waals surface area contributed by atoms with Crippen LogP contribution in [0.2, 0.25) is 0 Å². The van der Waals surface area contributed by atoms with Gasteiger partial charge in [-0.3, -0.25) is 0 Å². The fourth-order valence-corrected chi connectivity index (χ4v) is 1.48. The molecule has 0 aliphatic heterocycles. The standard InChI is InChI=1S/C13H16N4O2/c1-4-14-11-15-12(18-3)17-13(16-11)19-10-8-6-5-7-9(10)2/h5-8H,4H2,1-3H3,(H,14,15,16,17). The highest BCUT2D eigenvalue weighted by molar-refractivity contribution is 5.35. The van der Waals surface area contributed by atoms with Gasteiger partial charge in [0, 0.05) is 6.54 Å². The van der Waals surface area contributed by atoms with Crippen molar-refractivity contribution in [2.75, 3.05) is 19.0 Å². The molecule has 6 nitrogen and oxygen atoms in total. The van der Waals surface area contributed by atoms with E-state index in [0.29, 0.717) is 18.2 Å². The third-order valence-electron chi connectivity index (χ3n) is 2.41. The number of hydrogen-bond donors (Lipinski definition) is 1. The smallest absolute Gasteiger partial charge is 0.330 e. The fraction of sp³-hybridized carbons (Fsp3) is 0.308. The molecule has 0 unspecified atom stereocenters. The van der Waals surface area contributed by atoms with Gasteiger partial charge in [-0.2, -0.15) is 9.97 Å². The van der Waals surface area contributed by atoms with Crippen molar-refractivity contribution in [3.63, 3.8) is 0 Å². The van der Waals surface area contributed by atoms with Crippen molar-refractivity contribution in [3.05, 3.63) is 29.8 Å². The molecule has 6 heteroatoms. The average Bonchev–Trinajstić information content (AvgIpc) is 2.41. The number of rotatable bonds is 5. The second-order valence-electron chi connectivity index (χ2n) is 3.83. The summed E-state index contributed by atoms with van der Waals surface area (Å²) in [7, 11) is 1.50. The number of methoxy groups -OCH3 is 1. The summed E-state index contributed by atoms with van der Waals surface area (Å²) < 4.78 is 10.7. The summed E-state index contributed by atoms with van der Waals surface area (Å²) in [6, 6.07) is 8.08. The number of para-hydroxylation sites is 1. The van der Waals surface area contributed by atoms with Gasteiger partial charge in [-0.05, 0) is 25.5 Å². The van der Waals surface area contributed by atoms with E-state index < -0.39 is 0 Å². The van der Waals surface area contributed by atoms with E-state index in [0.717, 1.165) is 5.56 Å². The highest BCUT2D eigenvalue weighted by Gasteiger charge is 2.09. The predicted octanol–water partition coefficient (Wildman–Crippen LogP) is 2.41. The van der Waals surface area contributed by atoms with Gasteiger partial charge in [0.05, 0.1) is 7.11 Å². The van der Waals surface area contributed by atoms with Crippen molar-refractivity contribution in [2.45, 2.75) is 13.8 Å². The Labute approximate surface area is 111 Å². The maximum Gasteiger partial charge on any atom is 0.330 e. The van der Waals surface area contributed by atoms with E-state index in [1.165, 1.54) is 7.11 Å². The zero-order valence-corrected chi connectivity index (χ0v) is 11.2. The maximum absolute atomic E-state index is 5.66. The van der Waals surface area contributed by atoms with Crippen molar-refractivity contribution in [2.24, 2.45) is 0 Å². The Morgan fingerprint density at radius 1 is 1.11 bits per heavy atom. The van der Waals surface area contributed by atoms with Gasteiger partial charge in [0.25, 0.3) is 0 Å². The van der Waals surface area contributed by atoms with Crippen molar-refractivity contribution in [1.29, 1.82) is 0 Å². The van der Waals surface area contributed by atoms with Crippen LogP contribution in [0.1, 0.15) is 12.5 Å². The first-order valence-electron chi connectivity index (χ1n) is 6.00. The third-order valence-corrected chi connectivity index (χ3v) is 2.41. The van der Waals surface area contributed by atoms with Gasteiger partial charge in [-0.1, -0.05) is 18.2 Å². The monoisotopic (exact) mass is 260 g/mol. The number of aromatic nitrogens is 3. The predicted molar refractivity (Wildman–Crippen MR) is 71.8 cm³/mol. The molecule has 0 fully saturated rings. The first kappa shape index (κ1) is 13.1. The molecule has 0 aliphatic carbocycles. The number of nitrogens with zero attached hydrogens (tertiary/aromatic N) is 3. The van der Waals surface area contributed by atoms with Crippen molar-refractivity contribution < 1.29 is 9.47 Å². The molecular weight excluding hydrogens is 244 g/mol. The molecule has 1 aromatic heterocycles. The average molecular weight is 260 g/mol. The fourth-order valence-electron chi connectivity index (χ4n) is 1.48. The lowest BCUT2D eigenvalue weighted by Gasteiger charge is -2.09. The first-order valence-corrected chi connectivity index (χ1v) is 6.00. The van der Waals surface area contributed by atoms with Crippen LogP contribution < -0.4 is 14.8 Å². The highest BCUT2D eigenvalue weighted by atomic mass is 16.5. The van der Waals surface area contributed by atoms with Crippen LogP contribution in [0.25, 0.3) is 0 Å². The van der Waals surface area contributed by atoms with E-state index >= 15 is 0 Å². The summed E-state index contributed by atoms with van der Waals surface area (Å²) in [6.45, 7) is 4.62. The minimum atomic E-state index is 0.206. The van der Waals surface area contributed by atoms with Gasteiger partial charge >= 0.3 is 12.0 Å². The number of anilines is 1. The minimum Gasteiger partial charge on any atom is -0.467 e. The number of ether oxygens (including phenoxy) is 2. The zero-order valence-electron chi connectivity index (χ0n) is 11.2. The van der Waals surface area contributed by atoms with E-state index in [2.05, 4.69) is 20.3 Å². The van der Waals surface area contributed by atoms with Crippen molar-refractivity contribution in [1.82, 2.24) is 15.0 Å². The zero-order chi connectivity index (χ0) is 13.7. The molecule has 0 saturated carbocycles. The van der Waals surface area contributed by atoms with Crippen molar-refractivity contribution >= 4 is 5.95 Å². The summed E-state index contributed by atoms with van der Waals surface area (Å²) in [4.78, 5) is 12.3. The van der Waals surface area contributed by atoms with E-state index in [1.54, 1.807) is 0 Å². The molecule has 0 saturated heterocycles. The van der Waals surface area contributed by atoms with Gasteiger partial charge < -0.3 is 14.8 Å². The van der Waals surface area contributed by atoms with Crippen LogP contribution in [0.15, 0.2) is 24.3 Å². The van der Waals surface area contributed by atoms with Crippen LogP contribution in [-0.2, 0) is 0 Å². The molecule has 0 spiro atoms. The quantitative estimate of drug-likeness (QED) is 0.890. The Morgan fingerprint density at radius 2 is 1.84 bits per heavy atom. The van der Waals surface area contributed by atoms with Gasteiger partial charge in [-0.15, -0.1) is 4.98 Å². The lowest BCUT2D eigenvalue weighted by atomic mass is 10.2. The number of hydrogen-bond acceptors (Lipinski definition) is 6. The Bertz CT molecular complexity index is 560. The third kappa shape index (κ3) is 3.31. The largest absolute Gasteiger partial charge is 0.467 e. The molecule has 2 rings (SSSR count). The van der Waals surface area contributed by atoms with Crippen LogP contribution in [0.5, 0.6) is 17.8 Å². The van der Waals surface area contributed by atoms with E-state index in [4.69, 9.17) is 9.47 Å². The molecule has 100 valence electrons.